The molecule has 0 saturated heterocycles. The molecule has 194 valence electrons. The van der Waals surface area contributed by atoms with E-state index in [1.165, 1.54) is 28.8 Å². The maximum atomic E-state index is 12.6. The minimum atomic E-state index is -4.85. The molecule has 11 heteroatoms. The van der Waals surface area contributed by atoms with E-state index < -0.39 is 24.2 Å². The van der Waals surface area contributed by atoms with Crippen molar-refractivity contribution in [1.82, 2.24) is 4.57 Å². The van der Waals surface area contributed by atoms with Crippen LogP contribution in [0.3, 0.4) is 0 Å². The van der Waals surface area contributed by atoms with Gasteiger partial charge in [0.1, 0.15) is 17.2 Å². The number of ether oxygens (including phenoxy) is 2. The van der Waals surface area contributed by atoms with Crippen LogP contribution in [0.25, 0.3) is 16.9 Å². The zero-order chi connectivity index (χ0) is 26.8. The van der Waals surface area contributed by atoms with Gasteiger partial charge in [0, 0.05) is 11.4 Å². The van der Waals surface area contributed by atoms with Crippen molar-refractivity contribution in [2.75, 3.05) is 5.32 Å². The fraction of sp³-hybridized carbons (Fsp3) is 0.154. The fourth-order valence-corrected chi connectivity index (χ4v) is 3.71. The molecule has 0 radical (unpaired) electrons. The molecule has 0 fully saturated rings. The molecule has 0 atom stereocenters. The molecule has 0 unspecified atom stereocenters. The van der Waals surface area contributed by atoms with E-state index in [0.717, 1.165) is 41.8 Å². The first-order valence-corrected chi connectivity index (χ1v) is 10.9. The number of anilines is 2. The number of aromatic nitrogens is 1. The first-order chi connectivity index (χ1) is 17.4. The zero-order valence-electron chi connectivity index (χ0n) is 19.2. The van der Waals surface area contributed by atoms with Gasteiger partial charge in [-0.15, -0.1) is 26.3 Å². The standard InChI is InChI=1S/C26H20F6N2O3/c1-2-16-4-3-5-17(14-16)23-15-22(33-18-6-10-20(11-7-18)36-25(27,28)29)24(35)34(23)19-8-12-21(13-9-19)37-26(30,31)32/h3-15,33,35H,2H2,1H3. The first kappa shape index (κ1) is 25.8. The van der Waals surface area contributed by atoms with Gasteiger partial charge in [-0.1, -0.05) is 25.1 Å². The molecule has 0 aliphatic rings. The van der Waals surface area contributed by atoms with Crippen LogP contribution in [0.4, 0.5) is 37.7 Å². The third-order valence-corrected chi connectivity index (χ3v) is 5.30. The Kier molecular flexibility index (Phi) is 6.97. The number of rotatable bonds is 7. The highest BCUT2D eigenvalue weighted by Gasteiger charge is 2.32. The van der Waals surface area contributed by atoms with Crippen molar-refractivity contribution in [2.45, 2.75) is 26.1 Å². The maximum absolute atomic E-state index is 12.6. The van der Waals surface area contributed by atoms with Gasteiger partial charge in [-0.25, -0.2) is 0 Å². The molecule has 0 spiro atoms. The van der Waals surface area contributed by atoms with Gasteiger partial charge in [0.05, 0.1) is 5.69 Å². The summed E-state index contributed by atoms with van der Waals surface area (Å²) in [7, 11) is 0. The third-order valence-electron chi connectivity index (χ3n) is 5.30. The number of nitrogens with one attached hydrogen (secondary N) is 1. The Labute approximate surface area is 207 Å². The van der Waals surface area contributed by atoms with E-state index in [2.05, 4.69) is 14.8 Å². The molecule has 4 aromatic rings. The number of alkyl halides is 6. The normalized spacial score (nSPS) is 11.9. The number of nitrogens with zero attached hydrogens (tertiary/aromatic N) is 1. The van der Waals surface area contributed by atoms with Gasteiger partial charge in [-0.2, -0.15) is 0 Å². The summed E-state index contributed by atoms with van der Waals surface area (Å²) in [5.41, 5.74) is 3.21. The Morgan fingerprint density at radius 3 is 1.89 bits per heavy atom. The Balaban J connectivity index is 1.72. The van der Waals surface area contributed by atoms with Crippen LogP contribution < -0.4 is 14.8 Å². The molecular weight excluding hydrogens is 502 g/mol. The zero-order valence-corrected chi connectivity index (χ0v) is 19.2. The summed E-state index contributed by atoms with van der Waals surface area (Å²) in [5.74, 6) is -1.09. The van der Waals surface area contributed by atoms with Crippen LogP contribution in [0, 0.1) is 0 Å². The highest BCUT2D eigenvalue weighted by atomic mass is 19.4. The molecule has 0 saturated carbocycles. The van der Waals surface area contributed by atoms with Crippen molar-refractivity contribution < 1.29 is 40.9 Å². The third kappa shape index (κ3) is 6.49. The molecule has 4 rings (SSSR count). The number of hydrogen-bond donors (Lipinski definition) is 2. The largest absolute Gasteiger partial charge is 0.573 e. The van der Waals surface area contributed by atoms with Crippen molar-refractivity contribution in [3.05, 3.63) is 84.4 Å². The molecule has 5 nitrogen and oxygen atoms in total. The summed E-state index contributed by atoms with van der Waals surface area (Å²) in [5, 5.41) is 14.0. The number of aromatic hydroxyl groups is 1. The van der Waals surface area contributed by atoms with Gasteiger partial charge < -0.3 is 19.9 Å². The number of aryl methyl sites for hydroxylation is 1. The van der Waals surface area contributed by atoms with Gasteiger partial charge in [0.25, 0.3) is 0 Å². The quantitative estimate of drug-likeness (QED) is 0.242. The number of halogens is 6. The molecular formula is C26H20F6N2O3. The lowest BCUT2D eigenvalue weighted by Gasteiger charge is -2.14. The van der Waals surface area contributed by atoms with Crippen LogP contribution in [0.15, 0.2) is 78.9 Å². The average molecular weight is 522 g/mol. The Morgan fingerprint density at radius 1 is 0.784 bits per heavy atom. The van der Waals surface area contributed by atoms with Crippen LogP contribution in [0.2, 0.25) is 0 Å². The lowest BCUT2D eigenvalue weighted by molar-refractivity contribution is -0.275. The Hall–Kier alpha value is -4.28. The van der Waals surface area contributed by atoms with E-state index >= 15 is 0 Å². The molecule has 0 amide bonds. The van der Waals surface area contributed by atoms with Crippen LogP contribution >= 0.6 is 0 Å². The van der Waals surface area contributed by atoms with Crippen molar-refractivity contribution >= 4 is 11.4 Å². The monoisotopic (exact) mass is 522 g/mol. The van der Waals surface area contributed by atoms with Crippen LogP contribution in [0.5, 0.6) is 17.4 Å². The minimum absolute atomic E-state index is 0.219. The second kappa shape index (κ2) is 10.00. The Morgan fingerprint density at radius 2 is 1.35 bits per heavy atom. The van der Waals surface area contributed by atoms with Crippen LogP contribution in [-0.2, 0) is 6.42 Å². The van der Waals surface area contributed by atoms with Crippen molar-refractivity contribution in [1.29, 1.82) is 0 Å². The van der Waals surface area contributed by atoms with Crippen LogP contribution in [-0.4, -0.2) is 22.4 Å². The minimum Gasteiger partial charge on any atom is -0.493 e. The molecule has 1 aromatic heterocycles. The summed E-state index contributed by atoms with van der Waals surface area (Å²) >= 11 is 0. The molecule has 0 aliphatic carbocycles. The molecule has 0 bridgehead atoms. The first-order valence-electron chi connectivity index (χ1n) is 10.9. The van der Waals surface area contributed by atoms with Crippen molar-refractivity contribution in [3.8, 4) is 34.3 Å². The van der Waals surface area contributed by atoms with Gasteiger partial charge in [-0.3, -0.25) is 4.57 Å². The number of hydrogen-bond acceptors (Lipinski definition) is 4. The highest BCUT2D eigenvalue weighted by molar-refractivity contribution is 5.77. The predicted molar refractivity (Wildman–Crippen MR) is 125 cm³/mol. The van der Waals surface area contributed by atoms with E-state index in [4.69, 9.17) is 0 Å². The lowest BCUT2D eigenvalue weighted by Crippen LogP contribution is -2.17. The highest BCUT2D eigenvalue weighted by Crippen LogP contribution is 2.39. The van der Waals surface area contributed by atoms with E-state index in [1.807, 2.05) is 31.2 Å². The topological polar surface area (TPSA) is 55.6 Å². The lowest BCUT2D eigenvalue weighted by atomic mass is 10.1. The summed E-state index contributed by atoms with van der Waals surface area (Å²) in [6, 6.07) is 19.0. The Bertz CT molecular complexity index is 1360. The summed E-state index contributed by atoms with van der Waals surface area (Å²) in [6.07, 6.45) is -8.92. The summed E-state index contributed by atoms with van der Waals surface area (Å²) < 4.78 is 84.2. The average Bonchev–Trinajstić information content (AvgIpc) is 3.15. The van der Waals surface area contributed by atoms with Crippen LogP contribution in [0.1, 0.15) is 12.5 Å². The number of benzene rings is 3. The predicted octanol–water partition coefficient (Wildman–Crippen LogP) is 7.95. The van der Waals surface area contributed by atoms with E-state index in [9.17, 15) is 31.4 Å². The van der Waals surface area contributed by atoms with Crippen molar-refractivity contribution in [3.63, 3.8) is 0 Å². The summed E-state index contributed by atoms with van der Waals surface area (Å²) in [6.45, 7) is 1.98. The maximum Gasteiger partial charge on any atom is 0.573 e. The van der Waals surface area contributed by atoms with Gasteiger partial charge in [0.15, 0.2) is 0 Å². The molecule has 37 heavy (non-hydrogen) atoms. The smallest absolute Gasteiger partial charge is 0.493 e. The second-order valence-electron chi connectivity index (χ2n) is 7.90. The second-order valence-corrected chi connectivity index (χ2v) is 7.90. The van der Waals surface area contributed by atoms with Gasteiger partial charge in [0.2, 0.25) is 5.88 Å². The van der Waals surface area contributed by atoms with Crippen molar-refractivity contribution in [2.24, 2.45) is 0 Å². The molecule has 1 heterocycles. The van der Waals surface area contributed by atoms with E-state index in [-0.39, 0.29) is 11.6 Å². The summed E-state index contributed by atoms with van der Waals surface area (Å²) in [4.78, 5) is 0. The molecule has 0 aliphatic heterocycles. The fourth-order valence-electron chi connectivity index (χ4n) is 3.71. The molecule has 2 N–H and O–H groups in total. The van der Waals surface area contributed by atoms with E-state index in [1.54, 1.807) is 6.07 Å². The van der Waals surface area contributed by atoms with Gasteiger partial charge >= 0.3 is 12.7 Å². The molecule has 3 aromatic carbocycles. The SMILES string of the molecule is CCc1cccc(-c2cc(Nc3ccc(OC(F)(F)F)cc3)c(O)n2-c2ccc(OC(F)(F)F)cc2)c1. The van der Waals surface area contributed by atoms with E-state index in [0.29, 0.717) is 17.1 Å². The van der Waals surface area contributed by atoms with Gasteiger partial charge in [-0.05, 0) is 78.2 Å².